The van der Waals surface area contributed by atoms with Crippen LogP contribution in [0.15, 0.2) is 24.3 Å². The predicted octanol–water partition coefficient (Wildman–Crippen LogP) is 2.67. The zero-order valence-corrected chi connectivity index (χ0v) is 7.72. The van der Waals surface area contributed by atoms with Gasteiger partial charge in [-0.1, -0.05) is 31.2 Å². The fourth-order valence-corrected chi connectivity index (χ4v) is 0.658. The second-order valence-electron chi connectivity index (χ2n) is 3.30. The quantitative estimate of drug-likeness (QED) is 0.617. The molecule has 0 rings (SSSR count). The Morgan fingerprint density at radius 2 is 2.18 bits per heavy atom. The highest BCUT2D eigenvalue weighted by molar-refractivity contribution is 5.11. The van der Waals surface area contributed by atoms with E-state index in [0.717, 1.165) is 12.0 Å². The Kier molecular flexibility index (Phi) is 4.12. The van der Waals surface area contributed by atoms with Gasteiger partial charge >= 0.3 is 0 Å². The van der Waals surface area contributed by atoms with E-state index in [0.29, 0.717) is 6.42 Å². The maximum absolute atomic E-state index is 9.56. The van der Waals surface area contributed by atoms with Crippen molar-refractivity contribution in [3.05, 3.63) is 24.3 Å². The minimum atomic E-state index is -0.550. The predicted molar refractivity (Wildman–Crippen MR) is 49.5 cm³/mol. The van der Waals surface area contributed by atoms with Gasteiger partial charge in [-0.05, 0) is 26.7 Å². The first-order chi connectivity index (χ1) is 4.98. The van der Waals surface area contributed by atoms with Gasteiger partial charge in [0.1, 0.15) is 0 Å². The van der Waals surface area contributed by atoms with Crippen LogP contribution in [0, 0.1) is 0 Å². The van der Waals surface area contributed by atoms with Gasteiger partial charge in [0, 0.05) is 0 Å². The highest BCUT2D eigenvalue weighted by Gasteiger charge is 2.14. The molecule has 0 bridgehead atoms. The van der Waals surface area contributed by atoms with Crippen LogP contribution in [0.3, 0.4) is 0 Å². The molecular weight excluding hydrogens is 136 g/mol. The molecule has 11 heavy (non-hydrogen) atoms. The number of allylic oxidation sites excluding steroid dienone is 2. The van der Waals surface area contributed by atoms with Crippen molar-refractivity contribution in [3.63, 3.8) is 0 Å². The number of rotatable bonds is 4. The largest absolute Gasteiger partial charge is 0.390 e. The Labute approximate surface area is 69.4 Å². The minimum absolute atomic E-state index is 0.550. The Hall–Kier alpha value is -0.560. The SMILES string of the molecule is C=C(C)C=CCC(C)(O)CC. The average Bonchev–Trinajstić information content (AvgIpc) is 1.87. The summed E-state index contributed by atoms with van der Waals surface area (Å²) in [6.07, 6.45) is 5.39. The first-order valence-corrected chi connectivity index (χ1v) is 4.02. The Morgan fingerprint density at radius 1 is 1.64 bits per heavy atom. The number of hydrogen-bond acceptors (Lipinski definition) is 1. The lowest BCUT2D eigenvalue weighted by Crippen LogP contribution is -2.21. The Bertz CT molecular complexity index is 154. The van der Waals surface area contributed by atoms with Crippen LogP contribution in [0.25, 0.3) is 0 Å². The van der Waals surface area contributed by atoms with Crippen LogP contribution < -0.4 is 0 Å². The van der Waals surface area contributed by atoms with Crippen LogP contribution in [0.5, 0.6) is 0 Å². The number of aliphatic hydroxyl groups is 1. The summed E-state index contributed by atoms with van der Waals surface area (Å²) in [7, 11) is 0. The van der Waals surface area contributed by atoms with Crippen molar-refractivity contribution in [3.8, 4) is 0 Å². The molecule has 0 aromatic carbocycles. The molecule has 1 N–H and O–H groups in total. The van der Waals surface area contributed by atoms with Crippen molar-refractivity contribution in [2.75, 3.05) is 0 Å². The van der Waals surface area contributed by atoms with Gasteiger partial charge in [-0.3, -0.25) is 0 Å². The van der Waals surface area contributed by atoms with E-state index in [9.17, 15) is 5.11 Å². The third-order valence-electron chi connectivity index (χ3n) is 1.72. The third-order valence-corrected chi connectivity index (χ3v) is 1.72. The molecular formula is C10H18O. The summed E-state index contributed by atoms with van der Waals surface area (Å²) in [5.74, 6) is 0. The molecule has 0 amide bonds. The van der Waals surface area contributed by atoms with E-state index < -0.39 is 5.60 Å². The molecule has 1 atom stereocenters. The lowest BCUT2D eigenvalue weighted by Gasteiger charge is -2.18. The molecule has 1 unspecified atom stereocenters. The number of hydrogen-bond donors (Lipinski definition) is 1. The lowest BCUT2D eigenvalue weighted by atomic mass is 9.99. The first-order valence-electron chi connectivity index (χ1n) is 4.02. The molecule has 0 aromatic rings. The van der Waals surface area contributed by atoms with E-state index in [4.69, 9.17) is 0 Å². The van der Waals surface area contributed by atoms with Gasteiger partial charge < -0.3 is 5.11 Å². The highest BCUT2D eigenvalue weighted by atomic mass is 16.3. The van der Waals surface area contributed by atoms with Crippen molar-refractivity contribution in [1.29, 1.82) is 0 Å². The summed E-state index contributed by atoms with van der Waals surface area (Å²) in [4.78, 5) is 0. The van der Waals surface area contributed by atoms with Crippen LogP contribution in [0.1, 0.15) is 33.6 Å². The molecule has 0 aromatic heterocycles. The second kappa shape index (κ2) is 4.35. The fourth-order valence-electron chi connectivity index (χ4n) is 0.658. The monoisotopic (exact) mass is 154 g/mol. The van der Waals surface area contributed by atoms with Gasteiger partial charge in [-0.15, -0.1) is 0 Å². The summed E-state index contributed by atoms with van der Waals surface area (Å²) >= 11 is 0. The minimum Gasteiger partial charge on any atom is -0.390 e. The smallest absolute Gasteiger partial charge is 0.0651 e. The van der Waals surface area contributed by atoms with Crippen molar-refractivity contribution < 1.29 is 5.11 Å². The normalized spacial score (nSPS) is 16.7. The molecule has 64 valence electrons. The molecule has 0 fully saturated rings. The molecule has 0 saturated carbocycles. The van der Waals surface area contributed by atoms with E-state index >= 15 is 0 Å². The lowest BCUT2D eigenvalue weighted by molar-refractivity contribution is 0.0592. The van der Waals surface area contributed by atoms with Crippen LogP contribution in [-0.2, 0) is 0 Å². The topological polar surface area (TPSA) is 20.2 Å². The molecule has 0 radical (unpaired) electrons. The van der Waals surface area contributed by atoms with E-state index in [1.807, 2.05) is 32.9 Å². The molecule has 0 aliphatic heterocycles. The average molecular weight is 154 g/mol. The molecule has 0 heterocycles. The van der Waals surface area contributed by atoms with Gasteiger partial charge in [-0.2, -0.15) is 0 Å². The third kappa shape index (κ3) is 5.86. The summed E-state index contributed by atoms with van der Waals surface area (Å²) in [6, 6.07) is 0. The molecule has 1 nitrogen and oxygen atoms in total. The zero-order valence-electron chi connectivity index (χ0n) is 7.72. The van der Waals surface area contributed by atoms with Crippen LogP contribution in [-0.4, -0.2) is 10.7 Å². The van der Waals surface area contributed by atoms with Gasteiger partial charge in [-0.25, -0.2) is 0 Å². The molecule has 0 aliphatic carbocycles. The summed E-state index contributed by atoms with van der Waals surface area (Å²) in [6.45, 7) is 9.50. The van der Waals surface area contributed by atoms with Gasteiger partial charge in [0.25, 0.3) is 0 Å². The van der Waals surface area contributed by atoms with Gasteiger partial charge in [0.05, 0.1) is 5.60 Å². The first kappa shape index (κ1) is 10.4. The molecule has 0 aliphatic rings. The van der Waals surface area contributed by atoms with Crippen molar-refractivity contribution in [1.82, 2.24) is 0 Å². The van der Waals surface area contributed by atoms with Crippen LogP contribution in [0.4, 0.5) is 0 Å². The van der Waals surface area contributed by atoms with Gasteiger partial charge in [0.15, 0.2) is 0 Å². The van der Waals surface area contributed by atoms with E-state index in [2.05, 4.69) is 6.58 Å². The standard InChI is InChI=1S/C10H18O/c1-5-10(4,11)8-6-7-9(2)3/h6-7,11H,2,5,8H2,1,3-4H3. The summed E-state index contributed by atoms with van der Waals surface area (Å²) < 4.78 is 0. The maximum Gasteiger partial charge on any atom is 0.0651 e. The van der Waals surface area contributed by atoms with E-state index in [1.54, 1.807) is 0 Å². The Morgan fingerprint density at radius 3 is 2.55 bits per heavy atom. The van der Waals surface area contributed by atoms with E-state index in [-0.39, 0.29) is 0 Å². The van der Waals surface area contributed by atoms with Crippen molar-refractivity contribution in [2.45, 2.75) is 39.2 Å². The molecule has 0 spiro atoms. The van der Waals surface area contributed by atoms with Crippen molar-refractivity contribution >= 4 is 0 Å². The molecule has 1 heteroatoms. The van der Waals surface area contributed by atoms with Gasteiger partial charge in [0.2, 0.25) is 0 Å². The second-order valence-corrected chi connectivity index (χ2v) is 3.30. The summed E-state index contributed by atoms with van der Waals surface area (Å²) in [5, 5.41) is 9.56. The highest BCUT2D eigenvalue weighted by Crippen LogP contribution is 2.14. The Balaban J connectivity index is 3.78. The fraction of sp³-hybridized carbons (Fsp3) is 0.600. The zero-order chi connectivity index (χ0) is 8.91. The summed E-state index contributed by atoms with van der Waals surface area (Å²) in [5.41, 5.74) is 0.475. The van der Waals surface area contributed by atoms with Crippen molar-refractivity contribution in [2.24, 2.45) is 0 Å². The van der Waals surface area contributed by atoms with Crippen LogP contribution >= 0.6 is 0 Å². The maximum atomic E-state index is 9.56. The van der Waals surface area contributed by atoms with Crippen LogP contribution in [0.2, 0.25) is 0 Å². The van der Waals surface area contributed by atoms with E-state index in [1.165, 1.54) is 0 Å². The molecule has 0 saturated heterocycles.